The second-order valence-electron chi connectivity index (χ2n) is 9.08. The van der Waals surface area contributed by atoms with Gasteiger partial charge < -0.3 is 9.84 Å². The molecule has 4 aromatic rings. The van der Waals surface area contributed by atoms with E-state index in [9.17, 15) is 13.2 Å². The molecule has 0 bridgehead atoms. The predicted molar refractivity (Wildman–Crippen MR) is 151 cm³/mol. The average Bonchev–Trinajstić information content (AvgIpc) is 3.51. The molecular formula is C26H20Cl4N4O4S. The van der Waals surface area contributed by atoms with Crippen LogP contribution in [-0.2, 0) is 26.5 Å². The number of anilines is 1. The molecule has 5 rings (SSSR count). The molecule has 202 valence electrons. The predicted octanol–water partition coefficient (Wildman–Crippen LogP) is 6.80. The van der Waals surface area contributed by atoms with E-state index in [1.165, 1.54) is 12.3 Å². The molecule has 0 aliphatic heterocycles. The van der Waals surface area contributed by atoms with Crippen molar-refractivity contribution in [1.82, 2.24) is 15.1 Å². The molecule has 8 nitrogen and oxygen atoms in total. The van der Waals surface area contributed by atoms with Crippen molar-refractivity contribution in [3.8, 4) is 11.5 Å². The zero-order chi connectivity index (χ0) is 27.9. The Labute approximate surface area is 244 Å². The maximum Gasteiger partial charge on any atom is 0.258 e. The normalized spacial score (nSPS) is 14.3. The molecule has 1 N–H and O–H groups in total. The van der Waals surface area contributed by atoms with Gasteiger partial charge in [0, 0.05) is 33.1 Å². The van der Waals surface area contributed by atoms with Gasteiger partial charge >= 0.3 is 0 Å². The molecular weight excluding hydrogens is 606 g/mol. The Balaban J connectivity index is 1.33. The summed E-state index contributed by atoms with van der Waals surface area (Å²) in [5.41, 5.74) is 1.65. The van der Waals surface area contributed by atoms with Crippen LogP contribution in [0.1, 0.15) is 36.7 Å². The average molecular weight is 626 g/mol. The molecule has 1 amide bonds. The Kier molecular flexibility index (Phi) is 7.65. The van der Waals surface area contributed by atoms with Crippen LogP contribution in [0.4, 0.5) is 5.69 Å². The molecule has 0 atom stereocenters. The van der Waals surface area contributed by atoms with Gasteiger partial charge in [-0.05, 0) is 54.8 Å². The molecule has 2 heterocycles. The highest BCUT2D eigenvalue weighted by Crippen LogP contribution is 2.57. The van der Waals surface area contributed by atoms with Gasteiger partial charge in [-0.3, -0.25) is 4.79 Å². The quantitative estimate of drug-likeness (QED) is 0.229. The topological polar surface area (TPSA) is 115 Å². The minimum atomic E-state index is -3.41. The van der Waals surface area contributed by atoms with E-state index < -0.39 is 15.3 Å². The first-order valence-electron chi connectivity index (χ1n) is 11.8. The molecule has 1 saturated carbocycles. The second-order valence-corrected chi connectivity index (χ2v) is 12.9. The number of pyridine rings is 1. The van der Waals surface area contributed by atoms with E-state index >= 15 is 0 Å². The third-order valence-corrected chi connectivity index (χ3v) is 9.41. The number of hydrogen-bond donors (Lipinski definition) is 1. The van der Waals surface area contributed by atoms with Crippen LogP contribution in [0.15, 0.2) is 58.2 Å². The molecule has 2 aromatic heterocycles. The van der Waals surface area contributed by atoms with Crippen LogP contribution in [0, 0.1) is 0 Å². The number of hydrogen-bond acceptors (Lipinski definition) is 7. The van der Waals surface area contributed by atoms with E-state index in [0.717, 1.165) is 12.8 Å². The van der Waals surface area contributed by atoms with Crippen molar-refractivity contribution in [2.45, 2.75) is 36.6 Å². The fourth-order valence-corrected chi connectivity index (χ4v) is 6.15. The number of sulfone groups is 1. The van der Waals surface area contributed by atoms with Crippen molar-refractivity contribution in [2.75, 3.05) is 11.1 Å². The van der Waals surface area contributed by atoms with Gasteiger partial charge in [0.15, 0.2) is 20.7 Å². The number of amides is 1. The van der Waals surface area contributed by atoms with Gasteiger partial charge in [0.05, 0.1) is 27.6 Å². The molecule has 1 aliphatic rings. The summed E-state index contributed by atoms with van der Waals surface area (Å²) in [7, 11) is -3.41. The highest BCUT2D eigenvalue weighted by atomic mass is 35.5. The number of benzene rings is 2. The summed E-state index contributed by atoms with van der Waals surface area (Å²) in [6.45, 7) is 1.54. The molecule has 1 fully saturated rings. The van der Waals surface area contributed by atoms with Gasteiger partial charge in [-0.15, -0.1) is 0 Å². The molecule has 0 saturated heterocycles. The second kappa shape index (κ2) is 10.7. The molecule has 0 unspecified atom stereocenters. The van der Waals surface area contributed by atoms with Crippen LogP contribution < -0.4 is 5.32 Å². The number of halogens is 4. The number of carbonyl (C=O) groups is 1. The van der Waals surface area contributed by atoms with Gasteiger partial charge in [-0.25, -0.2) is 13.4 Å². The lowest BCUT2D eigenvalue weighted by atomic mass is 9.94. The van der Waals surface area contributed by atoms with E-state index in [0.29, 0.717) is 54.2 Å². The van der Waals surface area contributed by atoms with E-state index in [4.69, 9.17) is 50.9 Å². The van der Waals surface area contributed by atoms with E-state index in [2.05, 4.69) is 20.4 Å². The third kappa shape index (κ3) is 5.64. The van der Waals surface area contributed by atoms with Crippen molar-refractivity contribution < 1.29 is 17.7 Å². The fraction of sp³-hybridized carbons (Fsp3) is 0.231. The Bertz CT molecular complexity index is 1660. The molecule has 13 heteroatoms. The monoisotopic (exact) mass is 624 g/mol. The maximum atomic E-state index is 12.6. The summed E-state index contributed by atoms with van der Waals surface area (Å²) in [6, 6.07) is 11.2. The highest BCUT2D eigenvalue weighted by molar-refractivity contribution is 7.91. The van der Waals surface area contributed by atoms with Crippen molar-refractivity contribution in [2.24, 2.45) is 0 Å². The molecule has 39 heavy (non-hydrogen) atoms. The highest BCUT2D eigenvalue weighted by Gasteiger charge is 2.52. The number of aromatic nitrogens is 3. The van der Waals surface area contributed by atoms with Crippen LogP contribution in [0.2, 0.25) is 20.1 Å². The van der Waals surface area contributed by atoms with E-state index in [1.54, 1.807) is 43.3 Å². The summed E-state index contributed by atoms with van der Waals surface area (Å²) in [5.74, 6) is 0.350. The lowest BCUT2D eigenvalue weighted by Crippen LogP contribution is -2.16. The van der Waals surface area contributed by atoms with Gasteiger partial charge in [0.2, 0.25) is 5.91 Å². The standard InChI is InChI=1S/C26H20Cl4N4O4S/c1-2-39(36,37)22-6-3-14(13-31-22)9-21(35)32-16-11-19(29)23(20(30)12-16)26(7-8-26)25-33-24(38-34-25)15-4-5-17(27)18(28)10-15/h3-6,10-13H,2,7-9H2,1H3,(H,32,35). The first kappa shape index (κ1) is 27.9. The van der Waals surface area contributed by atoms with Crippen molar-refractivity contribution in [3.05, 3.63) is 85.7 Å². The SMILES string of the molecule is CCS(=O)(=O)c1ccc(CC(=O)Nc2cc(Cl)c(C3(c4noc(-c5ccc(Cl)c(Cl)c5)n4)CC3)c(Cl)c2)cn1. The minimum Gasteiger partial charge on any atom is -0.334 e. The van der Waals surface area contributed by atoms with Crippen LogP contribution in [-0.4, -0.2) is 35.2 Å². The Hall–Kier alpha value is -2.69. The first-order valence-corrected chi connectivity index (χ1v) is 15.0. The van der Waals surface area contributed by atoms with E-state index in [1.807, 2.05) is 0 Å². The Morgan fingerprint density at radius 1 is 1.00 bits per heavy atom. The van der Waals surface area contributed by atoms with Crippen molar-refractivity contribution >= 4 is 67.8 Å². The fourth-order valence-electron chi connectivity index (χ4n) is 4.22. The number of nitrogens with one attached hydrogen (secondary N) is 1. The minimum absolute atomic E-state index is 0.0132. The van der Waals surface area contributed by atoms with E-state index in [-0.39, 0.29) is 23.1 Å². The smallest absolute Gasteiger partial charge is 0.258 e. The van der Waals surface area contributed by atoms with Gasteiger partial charge in [-0.2, -0.15) is 4.98 Å². The van der Waals surface area contributed by atoms with Gasteiger partial charge in [0.25, 0.3) is 5.89 Å². The number of rotatable bonds is 8. The number of nitrogens with zero attached hydrogens (tertiary/aromatic N) is 3. The summed E-state index contributed by atoms with van der Waals surface area (Å²) < 4.78 is 29.4. The van der Waals surface area contributed by atoms with Crippen LogP contribution in [0.25, 0.3) is 11.5 Å². The largest absolute Gasteiger partial charge is 0.334 e. The third-order valence-electron chi connectivity index (χ3n) is 6.44. The lowest BCUT2D eigenvalue weighted by molar-refractivity contribution is -0.115. The zero-order valence-electron chi connectivity index (χ0n) is 20.3. The summed E-state index contributed by atoms with van der Waals surface area (Å²) in [6.07, 6.45) is 2.80. The summed E-state index contributed by atoms with van der Waals surface area (Å²) >= 11 is 25.5. The molecule has 1 aliphatic carbocycles. The van der Waals surface area contributed by atoms with Crippen molar-refractivity contribution in [3.63, 3.8) is 0 Å². The van der Waals surface area contributed by atoms with Crippen LogP contribution in [0.5, 0.6) is 0 Å². The molecule has 0 spiro atoms. The van der Waals surface area contributed by atoms with Gasteiger partial charge in [0.1, 0.15) is 0 Å². The van der Waals surface area contributed by atoms with Gasteiger partial charge in [-0.1, -0.05) is 64.6 Å². The first-order chi connectivity index (χ1) is 18.5. The maximum absolute atomic E-state index is 12.6. The molecule has 0 radical (unpaired) electrons. The van der Waals surface area contributed by atoms with Crippen LogP contribution >= 0.6 is 46.4 Å². The zero-order valence-corrected chi connectivity index (χ0v) is 24.2. The summed E-state index contributed by atoms with van der Waals surface area (Å²) in [5, 5.41) is 8.44. The summed E-state index contributed by atoms with van der Waals surface area (Å²) in [4.78, 5) is 21.2. The lowest BCUT2D eigenvalue weighted by Gasteiger charge is -2.17. The Morgan fingerprint density at radius 3 is 2.31 bits per heavy atom. The van der Waals surface area contributed by atoms with Crippen LogP contribution in [0.3, 0.4) is 0 Å². The Morgan fingerprint density at radius 2 is 1.72 bits per heavy atom. The van der Waals surface area contributed by atoms with Crippen molar-refractivity contribution in [1.29, 1.82) is 0 Å². The number of carbonyl (C=O) groups excluding carboxylic acids is 1. The molecule has 2 aromatic carbocycles.